The Morgan fingerprint density at radius 2 is 1.84 bits per heavy atom. The number of fused-ring (bicyclic) bond motifs is 3. The number of primary amides is 1. The summed E-state index contributed by atoms with van der Waals surface area (Å²) < 4.78 is 0. The molecule has 0 aliphatic heterocycles. The van der Waals surface area contributed by atoms with E-state index in [-0.39, 0.29) is 23.1 Å². The van der Waals surface area contributed by atoms with Gasteiger partial charge in [-0.2, -0.15) is 0 Å². The molecule has 0 aromatic heterocycles. The van der Waals surface area contributed by atoms with E-state index < -0.39 is 52.1 Å². The molecular formula is C22H22N2O7. The van der Waals surface area contributed by atoms with Gasteiger partial charge in [0.2, 0.25) is 5.78 Å². The first-order chi connectivity index (χ1) is 14.4. The molecule has 1 amide bonds. The maximum Gasteiger partial charge on any atom is 0.255 e. The van der Waals surface area contributed by atoms with Gasteiger partial charge in [0.1, 0.15) is 22.8 Å². The van der Waals surface area contributed by atoms with Gasteiger partial charge in [-0.3, -0.25) is 19.3 Å². The Bertz CT molecular complexity index is 1230. The van der Waals surface area contributed by atoms with E-state index in [4.69, 9.17) is 5.73 Å². The second kappa shape index (κ2) is 6.53. The Balaban J connectivity index is 2.11. The van der Waals surface area contributed by atoms with E-state index in [9.17, 15) is 34.8 Å². The van der Waals surface area contributed by atoms with E-state index in [2.05, 4.69) is 0 Å². The van der Waals surface area contributed by atoms with Crippen molar-refractivity contribution in [2.24, 2.45) is 11.7 Å². The van der Waals surface area contributed by atoms with Crippen LogP contribution in [0.4, 0.5) is 0 Å². The Kier molecular flexibility index (Phi) is 4.39. The normalized spacial score (nSPS) is 25.7. The first-order valence-corrected chi connectivity index (χ1v) is 9.61. The Morgan fingerprint density at radius 3 is 2.42 bits per heavy atom. The molecule has 0 radical (unpaired) electrons. The number of benzene rings is 2. The van der Waals surface area contributed by atoms with Crippen LogP contribution >= 0.6 is 0 Å². The molecule has 0 heterocycles. The fourth-order valence-electron chi connectivity index (χ4n) is 5.04. The molecule has 0 bridgehead atoms. The lowest BCUT2D eigenvalue weighted by atomic mass is 9.61. The first-order valence-electron chi connectivity index (χ1n) is 9.61. The summed E-state index contributed by atoms with van der Waals surface area (Å²) in [7, 11) is 3.10. The average Bonchev–Trinajstić information content (AvgIpc) is 2.68. The zero-order chi connectivity index (χ0) is 23.0. The highest BCUT2D eigenvalue weighted by atomic mass is 16.3. The molecule has 9 heteroatoms. The minimum absolute atomic E-state index is 0.0313. The zero-order valence-electron chi connectivity index (χ0n) is 17.1. The summed E-state index contributed by atoms with van der Waals surface area (Å²) in [6, 6.07) is 3.50. The van der Waals surface area contributed by atoms with Crippen LogP contribution in [-0.4, -0.2) is 68.5 Å². The number of Topliss-reactive ketones (excluding diaryl/α,β-unsaturated/α-hetero) is 2. The third kappa shape index (κ3) is 2.47. The zero-order valence-corrected chi connectivity index (χ0v) is 17.1. The van der Waals surface area contributed by atoms with Crippen LogP contribution in [0, 0.1) is 12.8 Å². The van der Waals surface area contributed by atoms with Crippen LogP contribution < -0.4 is 5.73 Å². The number of nitrogens with two attached hydrogens (primary N) is 1. The molecule has 2 aromatic rings. The molecule has 2 aliphatic carbocycles. The number of amides is 1. The van der Waals surface area contributed by atoms with Crippen molar-refractivity contribution in [1.29, 1.82) is 0 Å². The van der Waals surface area contributed by atoms with Crippen LogP contribution in [0.2, 0.25) is 0 Å². The van der Waals surface area contributed by atoms with E-state index in [0.717, 1.165) is 0 Å². The fraction of sp³-hybridized carbons (Fsp3) is 0.318. The van der Waals surface area contributed by atoms with Gasteiger partial charge >= 0.3 is 0 Å². The molecule has 4 rings (SSSR count). The molecule has 3 atom stereocenters. The largest absolute Gasteiger partial charge is 0.508 e. The quantitative estimate of drug-likeness (QED) is 0.433. The smallest absolute Gasteiger partial charge is 0.255 e. The number of likely N-dealkylation sites (N-methyl/N-ethyl adjacent to an activating group) is 1. The number of phenolic OH excluding ortho intramolecular Hbond substituents is 2. The van der Waals surface area contributed by atoms with Crippen molar-refractivity contribution < 1.29 is 34.8 Å². The van der Waals surface area contributed by atoms with Crippen LogP contribution in [0.15, 0.2) is 29.5 Å². The van der Waals surface area contributed by atoms with E-state index in [0.29, 0.717) is 16.5 Å². The van der Waals surface area contributed by atoms with Crippen molar-refractivity contribution in [2.75, 3.05) is 14.1 Å². The highest BCUT2D eigenvalue weighted by molar-refractivity contribution is 6.25. The number of aryl methyl sites for hydroxylation is 1. The summed E-state index contributed by atoms with van der Waals surface area (Å²) in [4.78, 5) is 39.9. The number of aliphatic hydroxyl groups is 2. The number of hydrogen-bond donors (Lipinski definition) is 5. The first kappa shape index (κ1) is 20.8. The molecule has 6 N–H and O–H groups in total. The van der Waals surface area contributed by atoms with Crippen LogP contribution in [-0.2, 0) is 16.0 Å². The average molecular weight is 426 g/mol. The highest BCUT2D eigenvalue weighted by Crippen LogP contribution is 2.50. The number of carbonyl (C=O) groups is 3. The van der Waals surface area contributed by atoms with Crippen molar-refractivity contribution in [2.45, 2.75) is 25.0 Å². The molecule has 2 aromatic carbocycles. The Morgan fingerprint density at radius 1 is 1.19 bits per heavy atom. The summed E-state index contributed by atoms with van der Waals surface area (Å²) in [5.41, 5.74) is 2.50. The van der Waals surface area contributed by atoms with Gasteiger partial charge in [-0.15, -0.1) is 0 Å². The lowest BCUT2D eigenvalue weighted by molar-refractivity contribution is -0.132. The number of hydrogen-bond acceptors (Lipinski definition) is 8. The summed E-state index contributed by atoms with van der Waals surface area (Å²) in [5.74, 6) is -6.18. The van der Waals surface area contributed by atoms with Crippen molar-refractivity contribution in [1.82, 2.24) is 4.90 Å². The molecule has 31 heavy (non-hydrogen) atoms. The van der Waals surface area contributed by atoms with Gasteiger partial charge in [0.25, 0.3) is 5.91 Å². The molecule has 0 spiro atoms. The monoisotopic (exact) mass is 426 g/mol. The number of rotatable bonds is 2. The molecule has 162 valence electrons. The van der Waals surface area contributed by atoms with Crippen LogP contribution in [0.5, 0.6) is 11.5 Å². The van der Waals surface area contributed by atoms with Crippen LogP contribution in [0.25, 0.3) is 10.8 Å². The van der Waals surface area contributed by atoms with E-state index in [1.165, 1.54) is 11.0 Å². The standard InChI is InChI=1S/C22H22N2O7/c1-8-9-5-4-6-12(25)13(9)17(26)14-10(8)7-11-16(24(2)3)18(27)15(21(23)30)20(29)22(11,31)19(14)28/h4-6,11,16,25-26,29,31H,7H2,1-3H3,(H2,23,30)/t11-,16+,22-/m1/s1. The number of aliphatic hydroxyl groups excluding tert-OH is 1. The SMILES string of the molecule is Cc1c2c(c(O)c3c(O)cccc13)C(=O)[C@@]1(O)C(O)=C(C(N)=O)C(=O)[C@@H](N(C)C)[C@H]1C2. The van der Waals surface area contributed by atoms with E-state index in [1.54, 1.807) is 33.2 Å². The molecule has 0 unspecified atom stereocenters. The maximum absolute atomic E-state index is 13.6. The van der Waals surface area contributed by atoms with Crippen molar-refractivity contribution in [3.05, 3.63) is 46.2 Å². The van der Waals surface area contributed by atoms with E-state index in [1.807, 2.05) is 0 Å². The molecule has 0 saturated carbocycles. The number of carbonyl (C=O) groups excluding carboxylic acids is 3. The summed E-state index contributed by atoms with van der Waals surface area (Å²) in [5, 5.41) is 43.9. The predicted molar refractivity (Wildman–Crippen MR) is 110 cm³/mol. The predicted octanol–water partition coefficient (Wildman–Crippen LogP) is 0.456. The Hall–Kier alpha value is -3.43. The van der Waals surface area contributed by atoms with Gasteiger partial charge in [0, 0.05) is 5.92 Å². The number of ketones is 2. The molecular weight excluding hydrogens is 404 g/mol. The lowest BCUT2D eigenvalue weighted by Crippen LogP contribution is -2.64. The second-order valence-electron chi connectivity index (χ2n) is 8.29. The van der Waals surface area contributed by atoms with Crippen molar-refractivity contribution in [3.8, 4) is 11.5 Å². The second-order valence-corrected chi connectivity index (χ2v) is 8.29. The van der Waals surface area contributed by atoms with Crippen molar-refractivity contribution >= 4 is 28.2 Å². The maximum atomic E-state index is 13.6. The highest BCUT2D eigenvalue weighted by Gasteiger charge is 2.62. The number of phenols is 2. The number of aromatic hydroxyl groups is 2. The topological polar surface area (TPSA) is 161 Å². The summed E-state index contributed by atoms with van der Waals surface area (Å²) in [6.07, 6.45) is -0.0484. The van der Waals surface area contributed by atoms with Gasteiger partial charge in [-0.05, 0) is 50.0 Å². The fourth-order valence-corrected chi connectivity index (χ4v) is 5.04. The minimum atomic E-state index is -2.65. The van der Waals surface area contributed by atoms with Gasteiger partial charge in [0.05, 0.1) is 17.0 Å². The Labute approximate surface area is 177 Å². The lowest BCUT2D eigenvalue weighted by Gasteiger charge is -2.47. The third-order valence-corrected chi connectivity index (χ3v) is 6.51. The number of nitrogens with zero attached hydrogens (tertiary/aromatic N) is 1. The minimum Gasteiger partial charge on any atom is -0.508 e. The van der Waals surface area contributed by atoms with Gasteiger partial charge in [0.15, 0.2) is 11.4 Å². The van der Waals surface area contributed by atoms with Crippen LogP contribution in [0.3, 0.4) is 0 Å². The van der Waals surface area contributed by atoms with E-state index >= 15 is 0 Å². The molecule has 2 aliphatic rings. The summed E-state index contributed by atoms with van der Waals surface area (Å²) >= 11 is 0. The summed E-state index contributed by atoms with van der Waals surface area (Å²) in [6.45, 7) is 1.71. The van der Waals surface area contributed by atoms with Crippen molar-refractivity contribution in [3.63, 3.8) is 0 Å². The van der Waals surface area contributed by atoms with Gasteiger partial charge < -0.3 is 26.2 Å². The molecule has 0 fully saturated rings. The van der Waals surface area contributed by atoms with Gasteiger partial charge in [-0.1, -0.05) is 12.1 Å². The van der Waals surface area contributed by atoms with Gasteiger partial charge in [-0.25, -0.2) is 0 Å². The van der Waals surface area contributed by atoms with Crippen LogP contribution in [0.1, 0.15) is 21.5 Å². The third-order valence-electron chi connectivity index (χ3n) is 6.51. The molecule has 0 saturated heterocycles. The molecule has 9 nitrogen and oxygen atoms in total.